The number of hydrogen-bond donors (Lipinski definition) is 2. The van der Waals surface area contributed by atoms with Crippen molar-refractivity contribution in [1.82, 2.24) is 9.80 Å². The van der Waals surface area contributed by atoms with Crippen molar-refractivity contribution < 1.29 is 38.9 Å². The fraction of sp³-hybridized carbons (Fsp3) is 0.615. The number of nitrogens with zero attached hydrogens (tertiary/aromatic N) is 2. The van der Waals surface area contributed by atoms with E-state index < -0.39 is 55.1 Å². The van der Waals surface area contributed by atoms with Gasteiger partial charge in [-0.15, -0.1) is 0 Å². The minimum absolute atomic E-state index is 0.168. The van der Waals surface area contributed by atoms with E-state index in [9.17, 15) is 29.1 Å². The van der Waals surface area contributed by atoms with Crippen LogP contribution in [0.5, 0.6) is 0 Å². The maximum absolute atomic E-state index is 12.1. The number of aliphatic hydroxyl groups excluding tert-OH is 1. The molecule has 0 aromatic carbocycles. The molecule has 0 spiro atoms. The van der Waals surface area contributed by atoms with Crippen LogP contribution < -0.4 is 0 Å². The molecule has 10 heteroatoms. The zero-order chi connectivity index (χ0) is 17.2. The van der Waals surface area contributed by atoms with Gasteiger partial charge in [-0.05, 0) is 0 Å². The lowest BCUT2D eigenvalue weighted by Gasteiger charge is -2.43. The van der Waals surface area contributed by atoms with Crippen LogP contribution >= 0.6 is 0 Å². The number of carboxylic acids is 1. The number of imide groups is 2. The molecule has 2 rings (SSSR count). The number of carboxylic acid groups (broad SMARTS) is 1. The summed E-state index contributed by atoms with van der Waals surface area (Å²) in [5.74, 6) is -6.78. The SMILES string of the molecule is O=C(O)CC(OCCO)(N1C(=O)CCC1=O)N1C(=O)CCC1=O. The lowest BCUT2D eigenvalue weighted by molar-refractivity contribution is -0.234. The van der Waals surface area contributed by atoms with Crippen LogP contribution in [0, 0.1) is 0 Å². The first-order valence-electron chi connectivity index (χ1n) is 7.02. The zero-order valence-corrected chi connectivity index (χ0v) is 12.2. The number of hydrogen-bond acceptors (Lipinski definition) is 7. The molecule has 23 heavy (non-hydrogen) atoms. The van der Waals surface area contributed by atoms with E-state index in [0.29, 0.717) is 9.80 Å². The van der Waals surface area contributed by atoms with Gasteiger partial charge >= 0.3 is 5.97 Å². The van der Waals surface area contributed by atoms with Gasteiger partial charge in [0.15, 0.2) is 0 Å². The number of likely N-dealkylation sites (tertiary alicyclic amines) is 2. The normalized spacial score (nSPS) is 19.2. The van der Waals surface area contributed by atoms with E-state index >= 15 is 0 Å². The van der Waals surface area contributed by atoms with Crippen molar-refractivity contribution in [2.24, 2.45) is 0 Å². The second-order valence-electron chi connectivity index (χ2n) is 5.13. The Morgan fingerprint density at radius 1 is 0.957 bits per heavy atom. The number of rotatable bonds is 7. The Morgan fingerprint density at radius 2 is 1.35 bits per heavy atom. The molecule has 0 radical (unpaired) electrons. The maximum Gasteiger partial charge on any atom is 0.310 e. The van der Waals surface area contributed by atoms with Gasteiger partial charge in [-0.1, -0.05) is 0 Å². The Morgan fingerprint density at radius 3 is 1.65 bits per heavy atom. The molecular formula is C13H16N2O8. The number of amides is 4. The second kappa shape index (κ2) is 6.42. The lowest BCUT2D eigenvalue weighted by Crippen LogP contribution is -2.66. The first-order valence-corrected chi connectivity index (χ1v) is 7.02. The van der Waals surface area contributed by atoms with Crippen LogP contribution in [0.25, 0.3) is 0 Å². The summed E-state index contributed by atoms with van der Waals surface area (Å²) in [7, 11) is 0. The third-order valence-electron chi connectivity index (χ3n) is 3.61. The van der Waals surface area contributed by atoms with Crippen LogP contribution in [0.15, 0.2) is 0 Å². The van der Waals surface area contributed by atoms with Gasteiger partial charge in [-0.2, -0.15) is 0 Å². The molecule has 0 aromatic heterocycles. The minimum Gasteiger partial charge on any atom is -0.481 e. The Hall–Kier alpha value is -2.33. The third kappa shape index (κ3) is 2.94. The van der Waals surface area contributed by atoms with Crippen LogP contribution in [-0.2, 0) is 28.7 Å². The van der Waals surface area contributed by atoms with Crippen molar-refractivity contribution in [2.45, 2.75) is 38.0 Å². The number of carbonyl (C=O) groups excluding carboxylic acids is 4. The summed E-state index contributed by atoms with van der Waals surface area (Å²) in [6, 6.07) is 0. The molecule has 0 bridgehead atoms. The second-order valence-corrected chi connectivity index (χ2v) is 5.13. The van der Waals surface area contributed by atoms with Gasteiger partial charge in [0.25, 0.3) is 0 Å². The first-order chi connectivity index (χ1) is 10.8. The summed E-state index contributed by atoms with van der Waals surface area (Å²) in [6.45, 7) is -1.00. The Bertz CT molecular complexity index is 504. The molecule has 0 unspecified atom stereocenters. The summed E-state index contributed by atoms with van der Waals surface area (Å²) in [4.78, 5) is 60.6. The van der Waals surface area contributed by atoms with E-state index in [2.05, 4.69) is 0 Å². The number of ether oxygens (including phenoxy) is 1. The molecule has 2 aliphatic heterocycles. The molecular weight excluding hydrogens is 312 g/mol. The van der Waals surface area contributed by atoms with Gasteiger partial charge in [0.1, 0.15) is 6.42 Å². The predicted molar refractivity (Wildman–Crippen MR) is 70.2 cm³/mol. The molecule has 2 aliphatic rings. The summed E-state index contributed by atoms with van der Waals surface area (Å²) in [5.41, 5.74) is 0. The van der Waals surface area contributed by atoms with E-state index in [0.717, 1.165) is 0 Å². The quantitative estimate of drug-likeness (QED) is 0.533. The molecule has 126 valence electrons. The molecule has 2 N–H and O–H groups in total. The van der Waals surface area contributed by atoms with Crippen molar-refractivity contribution in [3.05, 3.63) is 0 Å². The monoisotopic (exact) mass is 328 g/mol. The Labute approximate surface area is 130 Å². The summed E-state index contributed by atoms with van der Waals surface area (Å²) in [6.07, 6.45) is -1.64. The maximum atomic E-state index is 12.1. The van der Waals surface area contributed by atoms with Crippen molar-refractivity contribution in [3.63, 3.8) is 0 Å². The van der Waals surface area contributed by atoms with E-state index in [1.807, 2.05) is 0 Å². The molecule has 0 saturated carbocycles. The van der Waals surface area contributed by atoms with Gasteiger partial charge in [-0.25, -0.2) is 9.80 Å². The fourth-order valence-electron chi connectivity index (χ4n) is 2.78. The highest BCUT2D eigenvalue weighted by Crippen LogP contribution is 2.35. The number of aliphatic hydroxyl groups is 1. The smallest absolute Gasteiger partial charge is 0.310 e. The van der Waals surface area contributed by atoms with Crippen molar-refractivity contribution in [2.75, 3.05) is 13.2 Å². The van der Waals surface area contributed by atoms with Gasteiger partial charge < -0.3 is 14.9 Å². The number of carbonyl (C=O) groups is 5. The average Bonchev–Trinajstić information content (AvgIpc) is 2.98. The number of aliphatic carboxylic acids is 1. The Balaban J connectivity index is 2.56. The molecule has 2 heterocycles. The van der Waals surface area contributed by atoms with Crippen LogP contribution in [0.1, 0.15) is 32.1 Å². The van der Waals surface area contributed by atoms with Crippen LogP contribution in [0.2, 0.25) is 0 Å². The van der Waals surface area contributed by atoms with Crippen molar-refractivity contribution in [1.29, 1.82) is 0 Å². The average molecular weight is 328 g/mol. The molecule has 2 fully saturated rings. The highest BCUT2D eigenvalue weighted by atomic mass is 16.6. The molecule has 0 aliphatic carbocycles. The van der Waals surface area contributed by atoms with E-state index in [4.69, 9.17) is 9.84 Å². The fourth-order valence-corrected chi connectivity index (χ4v) is 2.78. The zero-order valence-electron chi connectivity index (χ0n) is 12.2. The molecule has 0 aromatic rings. The summed E-state index contributed by atoms with van der Waals surface area (Å²) >= 11 is 0. The third-order valence-corrected chi connectivity index (χ3v) is 3.61. The van der Waals surface area contributed by atoms with Gasteiger partial charge in [0.05, 0.1) is 13.2 Å². The van der Waals surface area contributed by atoms with Crippen LogP contribution in [-0.4, -0.2) is 68.7 Å². The van der Waals surface area contributed by atoms with Crippen molar-refractivity contribution in [3.8, 4) is 0 Å². The summed E-state index contributed by atoms with van der Waals surface area (Å²) in [5, 5.41) is 18.1. The molecule has 0 atom stereocenters. The summed E-state index contributed by atoms with van der Waals surface area (Å²) < 4.78 is 5.28. The van der Waals surface area contributed by atoms with Gasteiger partial charge in [0, 0.05) is 25.7 Å². The van der Waals surface area contributed by atoms with Crippen LogP contribution in [0.3, 0.4) is 0 Å². The molecule has 10 nitrogen and oxygen atoms in total. The topological polar surface area (TPSA) is 142 Å². The highest BCUT2D eigenvalue weighted by Gasteiger charge is 2.58. The standard InChI is InChI=1S/C13H16N2O8/c16-5-6-23-13(7-12(21)22,14-8(17)1-2-9(14)18)15-10(19)3-4-11(15)20/h16H,1-7H2,(H,21,22). The van der Waals surface area contributed by atoms with Gasteiger partial charge in [0.2, 0.25) is 29.5 Å². The molecule has 2 saturated heterocycles. The van der Waals surface area contributed by atoms with Gasteiger partial charge in [-0.3, -0.25) is 24.0 Å². The highest BCUT2D eigenvalue weighted by molar-refractivity contribution is 6.07. The van der Waals surface area contributed by atoms with E-state index in [1.165, 1.54) is 0 Å². The molecule has 4 amide bonds. The van der Waals surface area contributed by atoms with E-state index in [1.54, 1.807) is 0 Å². The minimum atomic E-state index is -2.37. The Kier molecular flexibility index (Phi) is 4.76. The van der Waals surface area contributed by atoms with E-state index in [-0.39, 0.29) is 25.7 Å². The predicted octanol–water partition coefficient (Wildman–Crippen LogP) is -1.58. The first kappa shape index (κ1) is 17.0. The largest absolute Gasteiger partial charge is 0.481 e. The lowest BCUT2D eigenvalue weighted by atomic mass is 10.2. The van der Waals surface area contributed by atoms with Crippen molar-refractivity contribution >= 4 is 29.6 Å². The van der Waals surface area contributed by atoms with Crippen LogP contribution in [0.4, 0.5) is 0 Å².